The maximum atomic E-state index is 13.3. The Labute approximate surface area is 172 Å². The molecule has 2 heterocycles. The minimum Gasteiger partial charge on any atom is -0.478 e. The molecule has 10 heteroatoms. The molecule has 0 amide bonds. The molecule has 1 aliphatic rings. The van der Waals surface area contributed by atoms with Crippen molar-refractivity contribution in [1.82, 2.24) is 9.88 Å². The molecule has 0 fully saturated rings. The molecule has 0 spiro atoms. The highest BCUT2D eigenvalue weighted by Crippen LogP contribution is 2.32. The van der Waals surface area contributed by atoms with Crippen molar-refractivity contribution in [3.63, 3.8) is 0 Å². The molecule has 1 aromatic heterocycles. The van der Waals surface area contributed by atoms with Gasteiger partial charge in [0.1, 0.15) is 18.1 Å². The fraction of sp³-hybridized carbons (Fsp3) is 0.350. The Bertz CT molecular complexity index is 964. The summed E-state index contributed by atoms with van der Waals surface area (Å²) in [6, 6.07) is 7.21. The van der Waals surface area contributed by atoms with Gasteiger partial charge in [-0.2, -0.15) is 5.10 Å². The Morgan fingerprint density at radius 2 is 2.00 bits per heavy atom. The van der Waals surface area contributed by atoms with E-state index in [0.29, 0.717) is 11.5 Å². The number of anilines is 1. The normalized spacial score (nSPS) is 17.3. The lowest BCUT2D eigenvalue weighted by Crippen LogP contribution is -2.48. The van der Waals surface area contributed by atoms with Crippen LogP contribution < -0.4 is 10.7 Å². The highest BCUT2D eigenvalue weighted by atomic mass is 19.1. The largest absolute Gasteiger partial charge is 0.478 e. The minimum atomic E-state index is -1.20. The van der Waals surface area contributed by atoms with E-state index in [2.05, 4.69) is 10.1 Å². The van der Waals surface area contributed by atoms with Crippen LogP contribution in [0.25, 0.3) is 0 Å². The topological polar surface area (TPSA) is 136 Å². The molecule has 30 heavy (non-hydrogen) atoms. The number of aromatic nitrogens is 1. The monoisotopic (exact) mass is 417 g/mol. The van der Waals surface area contributed by atoms with Crippen molar-refractivity contribution in [3.05, 3.63) is 58.7 Å². The molecule has 2 unspecified atom stereocenters. The van der Waals surface area contributed by atoms with Gasteiger partial charge in [-0.05, 0) is 37.6 Å². The number of aliphatic hydroxyl groups is 2. The molecule has 0 bridgehead atoms. The molecule has 1 aliphatic heterocycles. The summed E-state index contributed by atoms with van der Waals surface area (Å²) < 4.78 is 13.3. The molecule has 9 nitrogen and oxygen atoms in total. The van der Waals surface area contributed by atoms with Crippen LogP contribution in [0.5, 0.6) is 0 Å². The SMILES string of the molecule is Cc1nc(CO)cc(C(=O)O)c1N1N=C(C(C)O)N(Cc2ccc(F)cc2)C1CN. The lowest BCUT2D eigenvalue weighted by molar-refractivity contribution is 0.0696. The standard InChI is InChI=1S/C20H24FN5O4/c1-11-18(16(20(29)30)7-15(10-27)23-11)26-17(8-22)25(19(24-26)12(2)28)9-13-3-5-14(21)6-4-13/h3-7,12,17,27-28H,8-10,22H2,1-2H3,(H,29,30). The molecule has 160 valence electrons. The summed E-state index contributed by atoms with van der Waals surface area (Å²) in [7, 11) is 0. The fourth-order valence-corrected chi connectivity index (χ4v) is 3.51. The Balaban J connectivity index is 2.07. The van der Waals surface area contributed by atoms with Crippen LogP contribution in [0.4, 0.5) is 10.1 Å². The number of hydrogen-bond donors (Lipinski definition) is 4. The minimum absolute atomic E-state index is 0.0706. The first kappa shape index (κ1) is 21.6. The number of rotatable bonds is 7. The number of amidine groups is 1. The second-order valence-corrected chi connectivity index (χ2v) is 7.01. The zero-order valence-corrected chi connectivity index (χ0v) is 16.7. The smallest absolute Gasteiger partial charge is 0.338 e. The van der Waals surface area contributed by atoms with Crippen molar-refractivity contribution in [1.29, 1.82) is 0 Å². The average molecular weight is 417 g/mol. The van der Waals surface area contributed by atoms with Crippen molar-refractivity contribution < 1.29 is 24.5 Å². The number of carboxylic acids is 1. The van der Waals surface area contributed by atoms with Gasteiger partial charge in [-0.15, -0.1) is 0 Å². The van der Waals surface area contributed by atoms with E-state index in [-0.39, 0.29) is 35.9 Å². The van der Waals surface area contributed by atoms with Gasteiger partial charge in [0.15, 0.2) is 5.84 Å². The maximum Gasteiger partial charge on any atom is 0.338 e. The lowest BCUT2D eigenvalue weighted by atomic mass is 10.1. The third-order valence-electron chi connectivity index (χ3n) is 4.84. The molecule has 0 radical (unpaired) electrons. The van der Waals surface area contributed by atoms with Crippen LogP contribution in [0.3, 0.4) is 0 Å². The van der Waals surface area contributed by atoms with Crippen LogP contribution in [0.15, 0.2) is 35.4 Å². The molecule has 3 rings (SSSR count). The summed E-state index contributed by atoms with van der Waals surface area (Å²) in [5.41, 5.74) is 7.52. The third kappa shape index (κ3) is 4.11. The predicted molar refractivity (Wildman–Crippen MR) is 108 cm³/mol. The molecule has 5 N–H and O–H groups in total. The number of hydrazone groups is 1. The van der Waals surface area contributed by atoms with E-state index in [9.17, 15) is 24.5 Å². The number of benzene rings is 1. The summed E-state index contributed by atoms with van der Waals surface area (Å²) in [6.07, 6.45) is -1.55. The first-order valence-corrected chi connectivity index (χ1v) is 9.38. The molecule has 2 aromatic rings. The van der Waals surface area contributed by atoms with E-state index in [1.165, 1.54) is 23.2 Å². The van der Waals surface area contributed by atoms with Crippen molar-refractivity contribution >= 4 is 17.5 Å². The number of nitrogens with zero attached hydrogens (tertiary/aromatic N) is 4. The van der Waals surface area contributed by atoms with Crippen LogP contribution in [0.2, 0.25) is 0 Å². The van der Waals surface area contributed by atoms with E-state index < -0.39 is 24.8 Å². The van der Waals surface area contributed by atoms with Crippen LogP contribution in [0.1, 0.15) is 34.2 Å². The van der Waals surface area contributed by atoms with Gasteiger partial charge in [-0.1, -0.05) is 12.1 Å². The number of aryl methyl sites for hydroxylation is 1. The van der Waals surface area contributed by atoms with Gasteiger partial charge in [-0.25, -0.2) is 14.2 Å². The van der Waals surface area contributed by atoms with Gasteiger partial charge in [0.25, 0.3) is 0 Å². The van der Waals surface area contributed by atoms with Gasteiger partial charge in [0.2, 0.25) is 0 Å². The van der Waals surface area contributed by atoms with Crippen LogP contribution in [-0.4, -0.2) is 55.8 Å². The van der Waals surface area contributed by atoms with Gasteiger partial charge >= 0.3 is 5.97 Å². The van der Waals surface area contributed by atoms with E-state index in [1.54, 1.807) is 30.9 Å². The fourth-order valence-electron chi connectivity index (χ4n) is 3.51. The van der Waals surface area contributed by atoms with E-state index in [4.69, 9.17) is 5.73 Å². The van der Waals surface area contributed by atoms with Crippen molar-refractivity contribution in [2.75, 3.05) is 11.6 Å². The van der Waals surface area contributed by atoms with Crippen LogP contribution in [0, 0.1) is 12.7 Å². The van der Waals surface area contributed by atoms with Gasteiger partial charge in [0.05, 0.1) is 29.2 Å². The Kier molecular flexibility index (Phi) is 6.30. The number of hydrogen-bond acceptors (Lipinski definition) is 8. The van der Waals surface area contributed by atoms with E-state index in [1.807, 2.05) is 0 Å². The third-order valence-corrected chi connectivity index (χ3v) is 4.84. The van der Waals surface area contributed by atoms with Gasteiger partial charge < -0.3 is 26.0 Å². The Hall–Kier alpha value is -3.08. The van der Waals surface area contributed by atoms with Gasteiger partial charge in [0, 0.05) is 13.1 Å². The molecule has 1 aromatic carbocycles. The molecule has 2 atom stereocenters. The van der Waals surface area contributed by atoms with E-state index >= 15 is 0 Å². The highest BCUT2D eigenvalue weighted by Gasteiger charge is 2.38. The maximum absolute atomic E-state index is 13.3. The summed E-state index contributed by atoms with van der Waals surface area (Å²) in [5.74, 6) is -1.26. The van der Waals surface area contributed by atoms with Crippen LogP contribution >= 0.6 is 0 Å². The predicted octanol–water partition coefficient (Wildman–Crippen LogP) is 1.02. The quantitative estimate of drug-likeness (QED) is 0.524. The van der Waals surface area contributed by atoms with Crippen molar-refractivity contribution in [2.45, 2.75) is 39.3 Å². The number of aromatic carboxylic acids is 1. The molecule has 0 saturated heterocycles. The second kappa shape index (κ2) is 8.74. The second-order valence-electron chi connectivity index (χ2n) is 7.01. The van der Waals surface area contributed by atoms with Crippen LogP contribution in [-0.2, 0) is 13.2 Å². The van der Waals surface area contributed by atoms with Crippen molar-refractivity contribution in [2.24, 2.45) is 10.8 Å². The zero-order valence-electron chi connectivity index (χ0n) is 16.7. The summed E-state index contributed by atoms with van der Waals surface area (Å²) >= 11 is 0. The number of carbonyl (C=O) groups is 1. The number of pyridine rings is 1. The zero-order chi connectivity index (χ0) is 22.0. The number of carboxylic acid groups (broad SMARTS) is 1. The Morgan fingerprint density at radius 1 is 1.33 bits per heavy atom. The number of aliphatic hydroxyl groups excluding tert-OH is 2. The molecular weight excluding hydrogens is 393 g/mol. The number of halogens is 1. The van der Waals surface area contributed by atoms with Crippen molar-refractivity contribution in [3.8, 4) is 0 Å². The molecular formula is C20H24FN5O4. The van der Waals surface area contributed by atoms with Gasteiger partial charge in [-0.3, -0.25) is 4.98 Å². The Morgan fingerprint density at radius 3 is 2.53 bits per heavy atom. The molecule has 0 saturated carbocycles. The summed E-state index contributed by atoms with van der Waals surface area (Å²) in [4.78, 5) is 17.9. The lowest BCUT2D eigenvalue weighted by Gasteiger charge is -2.32. The highest BCUT2D eigenvalue weighted by molar-refractivity contribution is 5.97. The molecule has 0 aliphatic carbocycles. The first-order valence-electron chi connectivity index (χ1n) is 9.38. The summed E-state index contributed by atoms with van der Waals surface area (Å²) in [6.45, 7) is 3.12. The first-order chi connectivity index (χ1) is 14.3. The van der Waals surface area contributed by atoms with E-state index in [0.717, 1.165) is 5.56 Å². The number of nitrogens with two attached hydrogens (primary N) is 1. The summed E-state index contributed by atoms with van der Waals surface area (Å²) in [5, 5.41) is 35.3. The average Bonchev–Trinajstić information content (AvgIpc) is 3.06.